The molecule has 106 valence electrons. The summed E-state index contributed by atoms with van der Waals surface area (Å²) in [5.74, 6) is -0.0901. The molecule has 1 aliphatic carbocycles. The fourth-order valence-corrected chi connectivity index (χ4v) is 3.43. The Kier molecular flexibility index (Phi) is 4.93. The summed E-state index contributed by atoms with van der Waals surface area (Å²) < 4.78 is 0. The van der Waals surface area contributed by atoms with Crippen LogP contribution in [0, 0.1) is 13.8 Å². The minimum absolute atomic E-state index is 0.0901. The van der Waals surface area contributed by atoms with Gasteiger partial charge in [0, 0.05) is 0 Å². The molecule has 1 fully saturated rings. The van der Waals surface area contributed by atoms with Crippen LogP contribution in [0.5, 0.6) is 0 Å². The van der Waals surface area contributed by atoms with Crippen LogP contribution in [0.25, 0.3) is 0 Å². The van der Waals surface area contributed by atoms with E-state index in [1.54, 1.807) is 0 Å². The summed E-state index contributed by atoms with van der Waals surface area (Å²) in [6.45, 7) is 3.76. The number of aryl methyl sites for hydroxylation is 2. The van der Waals surface area contributed by atoms with Crippen LogP contribution in [0.1, 0.15) is 58.9 Å². The fraction of sp³-hybridized carbons (Fsp3) is 0.714. The normalized spacial score (nSPS) is 24.6. The molecule has 0 saturated heterocycles. The molecule has 0 spiro atoms. The average Bonchev–Trinajstić information content (AvgIpc) is 2.68. The second-order valence-corrected chi connectivity index (χ2v) is 6.49. The van der Waals surface area contributed by atoms with Gasteiger partial charge in [-0.3, -0.25) is 4.79 Å². The number of amides is 1. The van der Waals surface area contributed by atoms with Crippen molar-refractivity contribution >= 4 is 17.2 Å². The van der Waals surface area contributed by atoms with Gasteiger partial charge in [-0.15, -0.1) is 11.3 Å². The lowest BCUT2D eigenvalue weighted by molar-refractivity contribution is 0.0773. The molecule has 0 radical (unpaired) electrons. The van der Waals surface area contributed by atoms with E-state index in [-0.39, 0.29) is 11.9 Å². The summed E-state index contributed by atoms with van der Waals surface area (Å²) in [6.07, 6.45) is 5.73. The quantitative estimate of drug-likeness (QED) is 0.876. The van der Waals surface area contributed by atoms with Crippen LogP contribution in [0.4, 0.5) is 0 Å². The van der Waals surface area contributed by atoms with Crippen LogP contribution in [0.3, 0.4) is 0 Å². The summed E-state index contributed by atoms with van der Waals surface area (Å²) in [4.78, 5) is 17.2. The Morgan fingerprint density at radius 3 is 2.58 bits per heavy atom. The first-order valence-electron chi connectivity index (χ1n) is 7.01. The predicted molar refractivity (Wildman–Crippen MR) is 76.6 cm³/mol. The zero-order chi connectivity index (χ0) is 13.8. The molecule has 2 N–H and O–H groups in total. The van der Waals surface area contributed by atoms with Gasteiger partial charge in [0.1, 0.15) is 4.88 Å². The first kappa shape index (κ1) is 14.5. The average molecular weight is 282 g/mol. The van der Waals surface area contributed by atoms with E-state index in [0.29, 0.717) is 4.88 Å². The molecule has 1 heterocycles. The largest absolute Gasteiger partial charge is 0.391 e. The molecule has 1 saturated carbocycles. The first-order chi connectivity index (χ1) is 9.08. The van der Waals surface area contributed by atoms with Crippen LogP contribution in [0.15, 0.2) is 0 Å². The summed E-state index contributed by atoms with van der Waals surface area (Å²) in [5, 5.41) is 14.0. The van der Waals surface area contributed by atoms with E-state index in [1.807, 2.05) is 13.8 Å². The van der Waals surface area contributed by atoms with Crippen LogP contribution < -0.4 is 5.32 Å². The number of aromatic nitrogens is 1. The number of hydrogen-bond acceptors (Lipinski definition) is 4. The number of nitrogens with zero attached hydrogens (tertiary/aromatic N) is 1. The molecule has 1 aliphatic rings. The van der Waals surface area contributed by atoms with Gasteiger partial charge in [-0.25, -0.2) is 4.98 Å². The highest BCUT2D eigenvalue weighted by atomic mass is 32.1. The molecule has 0 bridgehead atoms. The molecule has 1 aromatic heterocycles. The molecule has 2 atom stereocenters. The molecule has 1 amide bonds. The maximum absolute atomic E-state index is 12.2. The highest BCUT2D eigenvalue weighted by Gasteiger charge is 2.24. The van der Waals surface area contributed by atoms with Crippen molar-refractivity contribution in [3.8, 4) is 0 Å². The molecule has 1 aromatic rings. The monoisotopic (exact) mass is 282 g/mol. The van der Waals surface area contributed by atoms with Crippen molar-refractivity contribution in [1.82, 2.24) is 10.3 Å². The standard InChI is InChI=1S/C14H22N2O2S/c1-9-13(19-10(2)15-9)14(18)16-11-7-5-3-4-6-8-12(11)17/h11-12,17H,3-8H2,1-2H3,(H,16,18)/t11-,12-/m0/s1. The van der Waals surface area contributed by atoms with Crippen molar-refractivity contribution in [3.63, 3.8) is 0 Å². The lowest BCUT2D eigenvalue weighted by Crippen LogP contribution is -2.43. The number of thiazole rings is 1. The van der Waals surface area contributed by atoms with Gasteiger partial charge in [0.05, 0.1) is 22.8 Å². The minimum Gasteiger partial charge on any atom is -0.391 e. The Morgan fingerprint density at radius 1 is 1.26 bits per heavy atom. The third kappa shape index (κ3) is 3.76. The van der Waals surface area contributed by atoms with E-state index in [1.165, 1.54) is 24.2 Å². The Labute approximate surface area is 118 Å². The van der Waals surface area contributed by atoms with Crippen molar-refractivity contribution in [1.29, 1.82) is 0 Å². The van der Waals surface area contributed by atoms with Gasteiger partial charge in [0.2, 0.25) is 0 Å². The van der Waals surface area contributed by atoms with Gasteiger partial charge in [-0.1, -0.05) is 25.7 Å². The van der Waals surface area contributed by atoms with E-state index in [0.717, 1.165) is 36.4 Å². The summed E-state index contributed by atoms with van der Waals surface area (Å²) in [5.41, 5.74) is 0.778. The zero-order valence-corrected chi connectivity index (χ0v) is 12.4. The number of aliphatic hydroxyl groups excluding tert-OH is 1. The van der Waals surface area contributed by atoms with Crippen molar-refractivity contribution in [2.45, 2.75) is 64.5 Å². The van der Waals surface area contributed by atoms with Crippen molar-refractivity contribution in [2.75, 3.05) is 0 Å². The molecule has 19 heavy (non-hydrogen) atoms. The van der Waals surface area contributed by atoms with Crippen LogP contribution >= 0.6 is 11.3 Å². The molecule has 0 aromatic carbocycles. The summed E-state index contributed by atoms with van der Waals surface area (Å²) in [6, 6.07) is -0.116. The summed E-state index contributed by atoms with van der Waals surface area (Å²) in [7, 11) is 0. The SMILES string of the molecule is Cc1nc(C)c(C(=O)N[C@H]2CCCCCC[C@@H]2O)s1. The highest BCUT2D eigenvalue weighted by molar-refractivity contribution is 7.13. The smallest absolute Gasteiger partial charge is 0.263 e. The highest BCUT2D eigenvalue weighted by Crippen LogP contribution is 2.20. The van der Waals surface area contributed by atoms with Gasteiger partial charge >= 0.3 is 0 Å². The Bertz CT molecular complexity index is 445. The lowest BCUT2D eigenvalue weighted by atomic mass is 9.94. The van der Waals surface area contributed by atoms with Gasteiger partial charge in [0.15, 0.2) is 0 Å². The molecule has 2 rings (SSSR count). The first-order valence-corrected chi connectivity index (χ1v) is 7.82. The zero-order valence-electron chi connectivity index (χ0n) is 11.6. The van der Waals surface area contributed by atoms with Gasteiger partial charge < -0.3 is 10.4 Å². The number of aliphatic hydroxyl groups is 1. The third-order valence-electron chi connectivity index (χ3n) is 3.66. The van der Waals surface area contributed by atoms with E-state index >= 15 is 0 Å². The number of rotatable bonds is 2. The second-order valence-electron chi connectivity index (χ2n) is 5.29. The molecular formula is C14H22N2O2S. The topological polar surface area (TPSA) is 62.2 Å². The van der Waals surface area contributed by atoms with Crippen molar-refractivity contribution in [2.24, 2.45) is 0 Å². The van der Waals surface area contributed by atoms with E-state index in [9.17, 15) is 9.90 Å². The van der Waals surface area contributed by atoms with Crippen molar-refractivity contribution in [3.05, 3.63) is 15.6 Å². The predicted octanol–water partition coefficient (Wildman–Crippen LogP) is 2.57. The van der Waals surface area contributed by atoms with Crippen LogP contribution in [-0.2, 0) is 0 Å². The molecule has 0 unspecified atom stereocenters. The number of carbonyl (C=O) groups excluding carboxylic acids is 1. The number of hydrogen-bond donors (Lipinski definition) is 2. The van der Waals surface area contributed by atoms with Crippen LogP contribution in [0.2, 0.25) is 0 Å². The van der Waals surface area contributed by atoms with Gasteiger partial charge in [-0.2, -0.15) is 0 Å². The van der Waals surface area contributed by atoms with E-state index < -0.39 is 6.10 Å². The lowest BCUT2D eigenvalue weighted by Gasteiger charge is -2.26. The van der Waals surface area contributed by atoms with Gasteiger partial charge in [0.25, 0.3) is 5.91 Å². The van der Waals surface area contributed by atoms with E-state index in [4.69, 9.17) is 0 Å². The maximum atomic E-state index is 12.2. The van der Waals surface area contributed by atoms with Crippen molar-refractivity contribution < 1.29 is 9.90 Å². The third-order valence-corrected chi connectivity index (χ3v) is 4.73. The number of nitrogens with one attached hydrogen (secondary N) is 1. The summed E-state index contributed by atoms with van der Waals surface area (Å²) >= 11 is 1.42. The molecule has 5 heteroatoms. The van der Waals surface area contributed by atoms with E-state index in [2.05, 4.69) is 10.3 Å². The molecule has 4 nitrogen and oxygen atoms in total. The van der Waals surface area contributed by atoms with Crippen LogP contribution in [-0.4, -0.2) is 28.1 Å². The Hall–Kier alpha value is -0.940. The molecule has 0 aliphatic heterocycles. The van der Waals surface area contributed by atoms with Gasteiger partial charge in [-0.05, 0) is 26.7 Å². The Morgan fingerprint density at radius 2 is 1.95 bits per heavy atom. The minimum atomic E-state index is -0.418. The Balaban J connectivity index is 2.02. The number of carbonyl (C=O) groups is 1. The fourth-order valence-electron chi connectivity index (χ4n) is 2.61. The molecular weight excluding hydrogens is 260 g/mol. The second kappa shape index (κ2) is 6.48. The maximum Gasteiger partial charge on any atom is 0.263 e.